The predicted molar refractivity (Wildman–Crippen MR) is 113 cm³/mol. The third-order valence-corrected chi connectivity index (χ3v) is 5.47. The highest BCUT2D eigenvalue weighted by molar-refractivity contribution is 5.89. The number of methoxy groups -OCH3 is 1. The number of anilines is 1. The fraction of sp³-hybridized carbons (Fsp3) is 0.545. The van der Waals surface area contributed by atoms with Crippen molar-refractivity contribution in [3.8, 4) is 5.75 Å². The molecule has 1 aliphatic heterocycles. The van der Waals surface area contributed by atoms with Gasteiger partial charge in [-0.2, -0.15) is 0 Å². The van der Waals surface area contributed by atoms with Crippen molar-refractivity contribution in [2.24, 2.45) is 0 Å². The van der Waals surface area contributed by atoms with Crippen molar-refractivity contribution in [2.45, 2.75) is 62.8 Å². The molecule has 1 aromatic carbocycles. The number of rotatable bonds is 7. The summed E-state index contributed by atoms with van der Waals surface area (Å²) in [6.45, 7) is -0.265. The van der Waals surface area contributed by atoms with E-state index in [-0.39, 0.29) is 25.0 Å². The Morgan fingerprint density at radius 3 is 2.50 bits per heavy atom. The van der Waals surface area contributed by atoms with E-state index < -0.39 is 24.3 Å². The lowest BCUT2D eigenvalue weighted by Gasteiger charge is -2.32. The van der Waals surface area contributed by atoms with Gasteiger partial charge in [-0.25, -0.2) is 4.79 Å². The third-order valence-electron chi connectivity index (χ3n) is 5.47. The average Bonchev–Trinajstić information content (AvgIpc) is 2.76. The molecule has 2 aliphatic rings. The lowest BCUT2D eigenvalue weighted by atomic mass is 9.95. The number of aliphatic hydroxyl groups excluding tert-OH is 1. The predicted octanol–water partition coefficient (Wildman–Crippen LogP) is 2.34. The number of hydrogen-bond donors (Lipinski definition) is 4. The van der Waals surface area contributed by atoms with Crippen LogP contribution in [0.4, 0.5) is 10.5 Å². The van der Waals surface area contributed by atoms with Gasteiger partial charge in [-0.3, -0.25) is 4.79 Å². The number of urea groups is 1. The molecule has 1 aliphatic carbocycles. The Bertz CT molecular complexity index is 731. The zero-order chi connectivity index (χ0) is 21.3. The molecule has 0 radical (unpaired) electrons. The number of aliphatic hydroxyl groups is 1. The van der Waals surface area contributed by atoms with Crippen LogP contribution in [-0.4, -0.2) is 55.1 Å². The Kier molecular flexibility index (Phi) is 8.10. The van der Waals surface area contributed by atoms with Crippen molar-refractivity contribution >= 4 is 17.6 Å². The Morgan fingerprint density at radius 1 is 1.10 bits per heavy atom. The molecule has 1 heterocycles. The van der Waals surface area contributed by atoms with Crippen molar-refractivity contribution < 1.29 is 24.2 Å². The molecule has 0 bridgehead atoms. The highest BCUT2D eigenvalue weighted by atomic mass is 16.5. The summed E-state index contributed by atoms with van der Waals surface area (Å²) >= 11 is 0. The van der Waals surface area contributed by atoms with E-state index >= 15 is 0 Å². The summed E-state index contributed by atoms with van der Waals surface area (Å²) in [5, 5.41) is 18.3. The van der Waals surface area contributed by atoms with Gasteiger partial charge >= 0.3 is 6.03 Å². The summed E-state index contributed by atoms with van der Waals surface area (Å²) in [5.41, 5.74) is 0.617. The van der Waals surface area contributed by atoms with Crippen LogP contribution in [0.25, 0.3) is 0 Å². The Labute approximate surface area is 177 Å². The second-order valence-corrected chi connectivity index (χ2v) is 7.74. The molecule has 8 nitrogen and oxygen atoms in total. The van der Waals surface area contributed by atoms with E-state index in [1.54, 1.807) is 43.5 Å². The molecule has 0 unspecified atom stereocenters. The molecule has 0 saturated heterocycles. The number of carbonyl (C=O) groups excluding carboxylic acids is 2. The normalized spacial score (nSPS) is 24.1. The molecule has 3 rings (SSSR count). The molecule has 1 aromatic rings. The molecule has 0 aromatic heterocycles. The van der Waals surface area contributed by atoms with E-state index in [1.165, 1.54) is 6.42 Å². The van der Waals surface area contributed by atoms with Crippen molar-refractivity contribution in [1.82, 2.24) is 10.6 Å². The van der Waals surface area contributed by atoms with Crippen molar-refractivity contribution in [3.63, 3.8) is 0 Å². The molecule has 1 fully saturated rings. The summed E-state index contributed by atoms with van der Waals surface area (Å²) in [5.74, 6) is 0.653. The average molecular weight is 418 g/mol. The first-order chi connectivity index (χ1) is 14.6. The summed E-state index contributed by atoms with van der Waals surface area (Å²) in [6, 6.07) is 6.31. The van der Waals surface area contributed by atoms with E-state index in [0.29, 0.717) is 11.4 Å². The van der Waals surface area contributed by atoms with E-state index in [9.17, 15) is 14.7 Å². The molecule has 30 heavy (non-hydrogen) atoms. The monoisotopic (exact) mass is 417 g/mol. The largest absolute Gasteiger partial charge is 0.497 e. The summed E-state index contributed by atoms with van der Waals surface area (Å²) in [6.07, 6.45) is 8.31. The lowest BCUT2D eigenvalue weighted by molar-refractivity contribution is -0.126. The minimum Gasteiger partial charge on any atom is -0.497 e. The maximum Gasteiger partial charge on any atom is 0.319 e. The van der Waals surface area contributed by atoms with Gasteiger partial charge in [-0.05, 0) is 37.1 Å². The SMILES string of the molecule is COc1ccc(NC(=O)N[C@@H]2C=C[C@@H](CC(=O)NC3CCCCC3)O[C@@H]2CO)cc1. The van der Waals surface area contributed by atoms with Gasteiger partial charge in [0.1, 0.15) is 11.9 Å². The van der Waals surface area contributed by atoms with Crippen LogP contribution in [0.5, 0.6) is 5.75 Å². The molecule has 3 amide bonds. The van der Waals surface area contributed by atoms with Gasteiger partial charge in [0.25, 0.3) is 0 Å². The maximum absolute atomic E-state index is 12.3. The standard InChI is InChI=1S/C22H31N3O5/c1-29-17-9-7-16(8-10-17)24-22(28)25-19-12-11-18(30-20(19)14-26)13-21(27)23-15-5-3-2-4-6-15/h7-12,15,18-20,26H,2-6,13-14H2,1H3,(H,23,27)(H2,24,25,28)/t18-,19+,20+/m0/s1. The minimum atomic E-state index is -0.621. The number of hydrogen-bond acceptors (Lipinski definition) is 5. The molecular formula is C22H31N3O5. The summed E-state index contributed by atoms with van der Waals surface area (Å²) in [4.78, 5) is 24.6. The number of ether oxygens (including phenoxy) is 2. The fourth-order valence-corrected chi connectivity index (χ4v) is 3.85. The Morgan fingerprint density at radius 2 is 1.83 bits per heavy atom. The second kappa shape index (κ2) is 11.0. The number of carbonyl (C=O) groups is 2. The summed E-state index contributed by atoms with van der Waals surface area (Å²) in [7, 11) is 1.58. The second-order valence-electron chi connectivity index (χ2n) is 7.74. The molecule has 3 atom stereocenters. The first-order valence-electron chi connectivity index (χ1n) is 10.5. The third kappa shape index (κ3) is 6.47. The van der Waals surface area contributed by atoms with Crippen LogP contribution in [0.1, 0.15) is 38.5 Å². The van der Waals surface area contributed by atoms with Gasteiger partial charge in [0, 0.05) is 11.7 Å². The highest BCUT2D eigenvalue weighted by Gasteiger charge is 2.29. The zero-order valence-electron chi connectivity index (χ0n) is 17.3. The number of nitrogens with one attached hydrogen (secondary N) is 3. The van der Waals surface area contributed by atoms with E-state index in [2.05, 4.69) is 16.0 Å². The van der Waals surface area contributed by atoms with Gasteiger partial charge in [0.15, 0.2) is 0 Å². The van der Waals surface area contributed by atoms with Gasteiger partial charge in [-0.1, -0.05) is 31.4 Å². The van der Waals surface area contributed by atoms with Crippen LogP contribution in [0.3, 0.4) is 0 Å². The molecule has 8 heteroatoms. The quantitative estimate of drug-likeness (QED) is 0.509. The van der Waals surface area contributed by atoms with Crippen LogP contribution in [-0.2, 0) is 9.53 Å². The zero-order valence-corrected chi connectivity index (χ0v) is 17.3. The molecular weight excluding hydrogens is 386 g/mol. The van der Waals surface area contributed by atoms with E-state index in [1.807, 2.05) is 0 Å². The topological polar surface area (TPSA) is 109 Å². The highest BCUT2D eigenvalue weighted by Crippen LogP contribution is 2.20. The smallest absolute Gasteiger partial charge is 0.319 e. The number of benzene rings is 1. The molecule has 1 saturated carbocycles. The first kappa shape index (κ1) is 22.1. The summed E-state index contributed by atoms with van der Waals surface area (Å²) < 4.78 is 10.9. The minimum absolute atomic E-state index is 0.0445. The Balaban J connectivity index is 1.48. The van der Waals surface area contributed by atoms with Crippen LogP contribution >= 0.6 is 0 Å². The molecule has 164 valence electrons. The van der Waals surface area contributed by atoms with Gasteiger partial charge in [0.2, 0.25) is 5.91 Å². The first-order valence-corrected chi connectivity index (χ1v) is 10.5. The fourth-order valence-electron chi connectivity index (χ4n) is 3.85. The van der Waals surface area contributed by atoms with Gasteiger partial charge < -0.3 is 30.5 Å². The Hall–Kier alpha value is -2.58. The lowest BCUT2D eigenvalue weighted by Crippen LogP contribution is -2.50. The number of amides is 3. The van der Waals surface area contributed by atoms with Gasteiger partial charge in [-0.15, -0.1) is 0 Å². The van der Waals surface area contributed by atoms with Crippen LogP contribution in [0.15, 0.2) is 36.4 Å². The van der Waals surface area contributed by atoms with Crippen molar-refractivity contribution in [2.75, 3.05) is 19.0 Å². The van der Waals surface area contributed by atoms with Gasteiger partial charge in [0.05, 0.1) is 32.3 Å². The van der Waals surface area contributed by atoms with Crippen LogP contribution in [0, 0.1) is 0 Å². The molecule has 0 spiro atoms. The van der Waals surface area contributed by atoms with E-state index in [0.717, 1.165) is 25.7 Å². The van der Waals surface area contributed by atoms with E-state index in [4.69, 9.17) is 9.47 Å². The molecule has 4 N–H and O–H groups in total. The van der Waals surface area contributed by atoms with Crippen molar-refractivity contribution in [3.05, 3.63) is 36.4 Å². The van der Waals surface area contributed by atoms with Crippen molar-refractivity contribution in [1.29, 1.82) is 0 Å². The maximum atomic E-state index is 12.3. The van der Waals surface area contributed by atoms with Crippen LogP contribution < -0.4 is 20.7 Å². The van der Waals surface area contributed by atoms with Crippen LogP contribution in [0.2, 0.25) is 0 Å².